The summed E-state index contributed by atoms with van der Waals surface area (Å²) in [4.78, 5) is 26.5. The van der Waals surface area contributed by atoms with Crippen molar-refractivity contribution in [1.29, 1.82) is 0 Å². The van der Waals surface area contributed by atoms with E-state index >= 15 is 0 Å². The van der Waals surface area contributed by atoms with Gasteiger partial charge < -0.3 is 10.2 Å². The zero-order valence-electron chi connectivity index (χ0n) is 15.9. The second-order valence-electron chi connectivity index (χ2n) is 7.32. The number of nitrogens with one attached hydrogen (secondary N) is 1. The highest BCUT2D eigenvalue weighted by Gasteiger charge is 2.38. The van der Waals surface area contributed by atoms with Crippen LogP contribution < -0.4 is 5.32 Å². The number of benzene rings is 1. The molecule has 1 aromatic rings. The van der Waals surface area contributed by atoms with E-state index in [1.54, 1.807) is 4.90 Å². The van der Waals surface area contributed by atoms with Crippen molar-refractivity contribution in [2.45, 2.75) is 43.5 Å². The molecule has 2 fully saturated rings. The lowest BCUT2D eigenvalue weighted by Crippen LogP contribution is -2.46. The minimum Gasteiger partial charge on any atom is -0.354 e. The van der Waals surface area contributed by atoms with Crippen LogP contribution in [0.5, 0.6) is 0 Å². The largest absolute Gasteiger partial charge is 0.354 e. The normalized spacial score (nSPS) is 24.9. The molecular formula is C19H26FN3O4S. The molecule has 2 amide bonds. The quantitative estimate of drug-likeness (QED) is 0.796. The monoisotopic (exact) mass is 411 g/mol. The number of carbonyl (C=O) groups excluding carboxylic acids is 2. The summed E-state index contributed by atoms with van der Waals surface area (Å²) < 4.78 is 40.4. The van der Waals surface area contributed by atoms with Crippen LogP contribution in [-0.2, 0) is 19.6 Å². The molecule has 0 radical (unpaired) electrons. The molecule has 2 atom stereocenters. The summed E-state index contributed by atoms with van der Waals surface area (Å²) in [5, 5.41) is 2.83. The fraction of sp³-hybridized carbons (Fsp3) is 0.579. The highest BCUT2D eigenvalue weighted by atomic mass is 32.2. The molecule has 1 saturated heterocycles. The van der Waals surface area contributed by atoms with E-state index in [1.165, 1.54) is 23.4 Å². The van der Waals surface area contributed by atoms with Gasteiger partial charge in [-0.25, -0.2) is 12.8 Å². The van der Waals surface area contributed by atoms with Crippen molar-refractivity contribution in [1.82, 2.24) is 14.5 Å². The molecule has 2 aliphatic rings. The minimum absolute atomic E-state index is 0.00962. The maximum atomic E-state index is 13.2. The fourth-order valence-corrected chi connectivity index (χ4v) is 5.62. The van der Waals surface area contributed by atoms with E-state index in [-0.39, 0.29) is 48.3 Å². The lowest BCUT2D eigenvalue weighted by Gasteiger charge is -2.31. The second kappa shape index (κ2) is 8.57. The number of carbonyl (C=O) groups is 2. The number of amides is 2. The van der Waals surface area contributed by atoms with Crippen LogP contribution >= 0.6 is 0 Å². The first-order chi connectivity index (χ1) is 13.3. The summed E-state index contributed by atoms with van der Waals surface area (Å²) in [5.74, 6) is -0.983. The number of rotatable bonds is 2. The first-order valence-corrected chi connectivity index (χ1v) is 11.1. The second-order valence-corrected chi connectivity index (χ2v) is 9.26. The fourth-order valence-electron chi connectivity index (χ4n) is 4.14. The van der Waals surface area contributed by atoms with Crippen LogP contribution in [0, 0.1) is 11.7 Å². The number of hydrogen-bond donors (Lipinski definition) is 1. The standard InChI is InChI=1S/C19H26FN3O4S/c1-14(24)23-12-3-11-22(28(26,27)16-8-6-15(20)7-9-16)13-10-21-19(25)17-4-2-5-18(17)23/h6-9,17-18H,2-5,10-13H2,1H3,(H,21,25)/t17-,18+/m1/s1. The number of nitrogens with zero attached hydrogens (tertiary/aromatic N) is 2. The van der Waals surface area contributed by atoms with Crippen LogP contribution in [0.4, 0.5) is 4.39 Å². The Bertz CT molecular complexity index is 828. The van der Waals surface area contributed by atoms with Gasteiger partial charge in [-0.2, -0.15) is 4.31 Å². The maximum absolute atomic E-state index is 13.2. The average molecular weight is 411 g/mol. The minimum atomic E-state index is -3.82. The molecule has 0 unspecified atom stereocenters. The van der Waals surface area contributed by atoms with Crippen molar-refractivity contribution in [2.24, 2.45) is 5.92 Å². The molecule has 0 aromatic heterocycles. The zero-order chi connectivity index (χ0) is 20.3. The Labute approximate surface area is 164 Å². The van der Waals surface area contributed by atoms with Gasteiger partial charge in [0, 0.05) is 39.1 Å². The SMILES string of the molecule is CC(=O)N1CCCN(S(=O)(=O)c2ccc(F)cc2)CCNC(=O)[C@@H]2CCC[C@@H]21. The topological polar surface area (TPSA) is 86.8 Å². The van der Waals surface area contributed by atoms with Gasteiger partial charge in [0.15, 0.2) is 0 Å². The maximum Gasteiger partial charge on any atom is 0.243 e. The molecule has 1 saturated carbocycles. The van der Waals surface area contributed by atoms with Gasteiger partial charge in [-0.3, -0.25) is 9.59 Å². The third-order valence-corrected chi connectivity index (χ3v) is 7.45. The van der Waals surface area contributed by atoms with Crippen LogP contribution in [0.15, 0.2) is 29.2 Å². The van der Waals surface area contributed by atoms with Gasteiger partial charge in [0.25, 0.3) is 0 Å². The van der Waals surface area contributed by atoms with E-state index in [4.69, 9.17) is 0 Å². The third-order valence-electron chi connectivity index (χ3n) is 5.54. The summed E-state index contributed by atoms with van der Waals surface area (Å²) >= 11 is 0. The van der Waals surface area contributed by atoms with Gasteiger partial charge in [0.2, 0.25) is 21.8 Å². The average Bonchev–Trinajstić information content (AvgIpc) is 3.11. The highest BCUT2D eigenvalue weighted by molar-refractivity contribution is 7.89. The molecule has 0 spiro atoms. The van der Waals surface area contributed by atoms with E-state index in [0.717, 1.165) is 31.4 Å². The first kappa shape index (κ1) is 20.7. The van der Waals surface area contributed by atoms with Crippen molar-refractivity contribution < 1.29 is 22.4 Å². The Morgan fingerprint density at radius 2 is 1.82 bits per heavy atom. The van der Waals surface area contributed by atoms with Crippen LogP contribution in [0.2, 0.25) is 0 Å². The van der Waals surface area contributed by atoms with E-state index in [1.807, 2.05) is 0 Å². The summed E-state index contributed by atoms with van der Waals surface area (Å²) in [6.07, 6.45) is 2.89. The third kappa shape index (κ3) is 4.35. The number of sulfonamides is 1. The molecule has 154 valence electrons. The summed E-state index contributed by atoms with van der Waals surface area (Å²) in [7, 11) is -3.82. The first-order valence-electron chi connectivity index (χ1n) is 9.61. The summed E-state index contributed by atoms with van der Waals surface area (Å²) in [6.45, 7) is 2.43. The van der Waals surface area contributed by atoms with E-state index < -0.39 is 15.8 Å². The predicted molar refractivity (Wildman–Crippen MR) is 101 cm³/mol. The number of hydrogen-bond acceptors (Lipinski definition) is 4. The smallest absolute Gasteiger partial charge is 0.243 e. The van der Waals surface area contributed by atoms with Crippen molar-refractivity contribution >= 4 is 21.8 Å². The Kier molecular flexibility index (Phi) is 6.34. The van der Waals surface area contributed by atoms with E-state index in [9.17, 15) is 22.4 Å². The van der Waals surface area contributed by atoms with Crippen LogP contribution in [0.3, 0.4) is 0 Å². The van der Waals surface area contributed by atoms with Gasteiger partial charge in [-0.05, 0) is 43.5 Å². The van der Waals surface area contributed by atoms with Gasteiger partial charge in [0.1, 0.15) is 5.82 Å². The molecule has 1 N–H and O–H groups in total. The Morgan fingerprint density at radius 3 is 2.50 bits per heavy atom. The molecule has 0 bridgehead atoms. The van der Waals surface area contributed by atoms with Gasteiger partial charge >= 0.3 is 0 Å². The number of halogens is 1. The van der Waals surface area contributed by atoms with Gasteiger partial charge in [-0.1, -0.05) is 6.42 Å². The van der Waals surface area contributed by atoms with Crippen molar-refractivity contribution in [3.8, 4) is 0 Å². The Morgan fingerprint density at radius 1 is 1.11 bits per heavy atom. The zero-order valence-corrected chi connectivity index (χ0v) is 16.8. The van der Waals surface area contributed by atoms with E-state index in [0.29, 0.717) is 13.0 Å². The van der Waals surface area contributed by atoms with Gasteiger partial charge in [0.05, 0.1) is 10.8 Å². The lowest BCUT2D eigenvalue weighted by molar-refractivity contribution is -0.134. The predicted octanol–water partition coefficient (Wildman–Crippen LogP) is 1.35. The molecule has 1 aliphatic heterocycles. The highest BCUT2D eigenvalue weighted by Crippen LogP contribution is 2.31. The lowest BCUT2D eigenvalue weighted by atomic mass is 10.0. The molecule has 3 rings (SSSR count). The van der Waals surface area contributed by atoms with Crippen molar-refractivity contribution in [2.75, 3.05) is 26.2 Å². The molecule has 1 aliphatic carbocycles. The molecule has 7 nitrogen and oxygen atoms in total. The van der Waals surface area contributed by atoms with E-state index in [2.05, 4.69) is 5.32 Å². The molecule has 1 aromatic carbocycles. The molecular weight excluding hydrogens is 385 g/mol. The molecule has 28 heavy (non-hydrogen) atoms. The van der Waals surface area contributed by atoms with Gasteiger partial charge in [-0.15, -0.1) is 0 Å². The molecule has 9 heteroatoms. The summed E-state index contributed by atoms with van der Waals surface area (Å²) in [6, 6.07) is 4.57. The van der Waals surface area contributed by atoms with Crippen molar-refractivity contribution in [3.05, 3.63) is 30.1 Å². The summed E-state index contributed by atoms with van der Waals surface area (Å²) in [5.41, 5.74) is 0. The Hall–Kier alpha value is -2.00. The molecule has 1 heterocycles. The van der Waals surface area contributed by atoms with Crippen LogP contribution in [0.25, 0.3) is 0 Å². The van der Waals surface area contributed by atoms with Crippen LogP contribution in [0.1, 0.15) is 32.6 Å². The number of fused-ring (bicyclic) bond motifs is 1. The van der Waals surface area contributed by atoms with Crippen molar-refractivity contribution in [3.63, 3.8) is 0 Å². The van der Waals surface area contributed by atoms with Crippen LogP contribution in [-0.4, -0.2) is 61.7 Å². The Balaban J connectivity index is 1.82.